The highest BCUT2D eigenvalue weighted by atomic mass is 16.1. The highest BCUT2D eigenvalue weighted by Gasteiger charge is 2.15. The van der Waals surface area contributed by atoms with Crippen LogP contribution in [0, 0.1) is 0 Å². The van der Waals surface area contributed by atoms with Crippen molar-refractivity contribution in [2.24, 2.45) is 0 Å². The summed E-state index contributed by atoms with van der Waals surface area (Å²) in [5.74, 6) is 0.132. The van der Waals surface area contributed by atoms with Gasteiger partial charge in [-0.15, -0.1) is 0 Å². The summed E-state index contributed by atoms with van der Waals surface area (Å²) >= 11 is 0. The van der Waals surface area contributed by atoms with Gasteiger partial charge >= 0.3 is 0 Å². The molecule has 0 radical (unpaired) electrons. The fourth-order valence-electron chi connectivity index (χ4n) is 3.25. The number of nitrogens with zero attached hydrogens (tertiary/aromatic N) is 2. The Morgan fingerprint density at radius 3 is 2.46 bits per heavy atom. The van der Waals surface area contributed by atoms with Crippen molar-refractivity contribution in [3.63, 3.8) is 0 Å². The van der Waals surface area contributed by atoms with Crippen molar-refractivity contribution in [2.75, 3.05) is 6.54 Å². The zero-order valence-electron chi connectivity index (χ0n) is 15.7. The average molecular weight is 367 g/mol. The normalized spacial score (nSPS) is 11.9. The molecule has 0 aliphatic heterocycles. The number of pyridine rings is 2. The number of aromatic nitrogens is 2. The maximum Gasteiger partial charge on any atom is 0.252 e. The summed E-state index contributed by atoms with van der Waals surface area (Å²) in [6.07, 6.45) is 1.73. The van der Waals surface area contributed by atoms with Crippen LogP contribution in [0.3, 0.4) is 0 Å². The van der Waals surface area contributed by atoms with E-state index >= 15 is 0 Å². The highest BCUT2D eigenvalue weighted by Crippen LogP contribution is 2.24. The SMILES string of the molecule is C[C@@H](CNC(=O)c1cc(-c2ccccn2)nc2ccccc12)c1ccccc1. The lowest BCUT2D eigenvalue weighted by Gasteiger charge is -2.14. The first kappa shape index (κ1) is 17.9. The summed E-state index contributed by atoms with van der Waals surface area (Å²) in [5, 5.41) is 3.92. The number of hydrogen-bond acceptors (Lipinski definition) is 3. The Hall–Kier alpha value is -3.53. The summed E-state index contributed by atoms with van der Waals surface area (Å²) in [6, 6.07) is 25.4. The van der Waals surface area contributed by atoms with E-state index in [1.807, 2.05) is 66.7 Å². The van der Waals surface area contributed by atoms with Crippen LogP contribution in [0.5, 0.6) is 0 Å². The minimum atomic E-state index is -0.0986. The molecule has 0 aliphatic rings. The van der Waals surface area contributed by atoms with Crippen molar-refractivity contribution >= 4 is 16.8 Å². The van der Waals surface area contributed by atoms with Crippen LogP contribution in [0.1, 0.15) is 28.8 Å². The van der Waals surface area contributed by atoms with E-state index in [9.17, 15) is 4.79 Å². The Morgan fingerprint density at radius 2 is 1.68 bits per heavy atom. The molecule has 1 atom stereocenters. The number of benzene rings is 2. The van der Waals surface area contributed by atoms with Crippen molar-refractivity contribution in [2.45, 2.75) is 12.8 Å². The molecule has 0 spiro atoms. The third-order valence-electron chi connectivity index (χ3n) is 4.83. The van der Waals surface area contributed by atoms with Crippen molar-refractivity contribution in [3.05, 3.63) is 96.2 Å². The second-order valence-corrected chi connectivity index (χ2v) is 6.81. The Kier molecular flexibility index (Phi) is 5.11. The van der Waals surface area contributed by atoms with Crippen molar-refractivity contribution in [1.82, 2.24) is 15.3 Å². The maximum absolute atomic E-state index is 13.0. The van der Waals surface area contributed by atoms with Crippen LogP contribution in [-0.4, -0.2) is 22.4 Å². The molecule has 2 aromatic carbocycles. The molecule has 2 heterocycles. The van der Waals surface area contributed by atoms with E-state index in [1.165, 1.54) is 5.56 Å². The van der Waals surface area contributed by atoms with E-state index in [-0.39, 0.29) is 11.8 Å². The summed E-state index contributed by atoms with van der Waals surface area (Å²) in [6.45, 7) is 2.68. The molecule has 2 aromatic heterocycles. The lowest BCUT2D eigenvalue weighted by atomic mass is 10.0. The zero-order valence-corrected chi connectivity index (χ0v) is 15.7. The number of carbonyl (C=O) groups is 1. The quantitative estimate of drug-likeness (QED) is 0.550. The van der Waals surface area contributed by atoms with E-state index in [2.05, 4.69) is 34.3 Å². The van der Waals surface area contributed by atoms with Gasteiger partial charge < -0.3 is 5.32 Å². The van der Waals surface area contributed by atoms with Crippen molar-refractivity contribution in [1.29, 1.82) is 0 Å². The van der Waals surface area contributed by atoms with Gasteiger partial charge in [0.2, 0.25) is 0 Å². The minimum Gasteiger partial charge on any atom is -0.351 e. The molecule has 1 amide bonds. The molecule has 138 valence electrons. The summed E-state index contributed by atoms with van der Waals surface area (Å²) in [4.78, 5) is 22.1. The van der Waals surface area contributed by atoms with Crippen LogP contribution >= 0.6 is 0 Å². The van der Waals surface area contributed by atoms with Gasteiger partial charge in [-0.2, -0.15) is 0 Å². The molecule has 28 heavy (non-hydrogen) atoms. The van der Waals surface area contributed by atoms with Crippen LogP contribution in [0.2, 0.25) is 0 Å². The number of para-hydroxylation sites is 1. The van der Waals surface area contributed by atoms with E-state index in [1.54, 1.807) is 6.20 Å². The molecule has 4 nitrogen and oxygen atoms in total. The zero-order chi connectivity index (χ0) is 19.3. The van der Waals surface area contributed by atoms with Gasteiger partial charge in [0.05, 0.1) is 22.5 Å². The number of carbonyl (C=O) groups excluding carboxylic acids is 1. The van der Waals surface area contributed by atoms with Crippen LogP contribution in [0.4, 0.5) is 0 Å². The molecular weight excluding hydrogens is 346 g/mol. The average Bonchev–Trinajstić information content (AvgIpc) is 2.77. The lowest BCUT2D eigenvalue weighted by molar-refractivity contribution is 0.0953. The summed E-state index contributed by atoms with van der Waals surface area (Å²) in [5.41, 5.74) is 4.05. The van der Waals surface area contributed by atoms with Gasteiger partial charge in [-0.05, 0) is 35.7 Å². The second-order valence-electron chi connectivity index (χ2n) is 6.81. The predicted molar refractivity (Wildman–Crippen MR) is 112 cm³/mol. The van der Waals surface area contributed by atoms with Gasteiger partial charge in [0.25, 0.3) is 5.91 Å². The first-order valence-electron chi connectivity index (χ1n) is 9.37. The molecule has 1 N–H and O–H groups in total. The molecule has 4 heteroatoms. The maximum atomic E-state index is 13.0. The smallest absolute Gasteiger partial charge is 0.252 e. The van der Waals surface area contributed by atoms with Gasteiger partial charge in [-0.3, -0.25) is 9.78 Å². The minimum absolute atomic E-state index is 0.0986. The van der Waals surface area contributed by atoms with Gasteiger partial charge in [0, 0.05) is 18.1 Å². The Labute approximate surface area is 164 Å². The van der Waals surface area contributed by atoms with Gasteiger partial charge in [-0.25, -0.2) is 4.98 Å². The third kappa shape index (κ3) is 3.76. The largest absolute Gasteiger partial charge is 0.351 e. The molecule has 0 saturated heterocycles. The lowest BCUT2D eigenvalue weighted by Crippen LogP contribution is -2.27. The Morgan fingerprint density at radius 1 is 0.929 bits per heavy atom. The first-order valence-corrected chi connectivity index (χ1v) is 9.37. The van der Waals surface area contributed by atoms with Gasteiger partial charge in [-0.1, -0.05) is 61.5 Å². The Balaban J connectivity index is 1.64. The second kappa shape index (κ2) is 8.01. The molecular formula is C24H21N3O. The fraction of sp³-hybridized carbons (Fsp3) is 0.125. The number of amides is 1. The summed E-state index contributed by atoms with van der Waals surface area (Å²) in [7, 11) is 0. The monoisotopic (exact) mass is 367 g/mol. The molecule has 0 fully saturated rings. The number of fused-ring (bicyclic) bond motifs is 1. The molecule has 4 rings (SSSR count). The molecule has 0 unspecified atom stereocenters. The molecule has 0 bridgehead atoms. The van der Waals surface area contributed by atoms with Crippen molar-refractivity contribution in [3.8, 4) is 11.4 Å². The number of hydrogen-bond donors (Lipinski definition) is 1. The first-order chi connectivity index (χ1) is 13.7. The van der Waals surface area contributed by atoms with Crippen molar-refractivity contribution < 1.29 is 4.79 Å². The van der Waals surface area contributed by atoms with Gasteiger partial charge in [0.1, 0.15) is 0 Å². The number of nitrogens with one attached hydrogen (secondary N) is 1. The fourth-order valence-corrected chi connectivity index (χ4v) is 3.25. The molecule has 0 saturated carbocycles. The Bertz CT molecular complexity index is 1090. The van der Waals surface area contributed by atoms with E-state index in [0.29, 0.717) is 17.8 Å². The predicted octanol–water partition coefficient (Wildman–Crippen LogP) is 4.83. The van der Waals surface area contributed by atoms with Crippen LogP contribution in [0.15, 0.2) is 85.1 Å². The van der Waals surface area contributed by atoms with Gasteiger partial charge in [0.15, 0.2) is 0 Å². The highest BCUT2D eigenvalue weighted by molar-refractivity contribution is 6.07. The van der Waals surface area contributed by atoms with E-state index < -0.39 is 0 Å². The van der Waals surface area contributed by atoms with Crippen LogP contribution < -0.4 is 5.32 Å². The number of rotatable bonds is 5. The molecule has 4 aromatic rings. The summed E-state index contributed by atoms with van der Waals surface area (Å²) < 4.78 is 0. The van der Waals surface area contributed by atoms with E-state index in [0.717, 1.165) is 16.6 Å². The van der Waals surface area contributed by atoms with E-state index in [4.69, 9.17) is 0 Å². The standard InChI is InChI=1S/C24H21N3O/c1-17(18-9-3-2-4-10-18)16-26-24(28)20-15-23(22-13-7-8-14-25-22)27-21-12-6-5-11-19(20)21/h2-15,17H,16H2,1H3,(H,26,28)/t17-/m0/s1. The molecule has 0 aliphatic carbocycles. The van der Waals surface area contributed by atoms with Crippen LogP contribution in [-0.2, 0) is 0 Å². The van der Waals surface area contributed by atoms with Crippen LogP contribution in [0.25, 0.3) is 22.3 Å². The topological polar surface area (TPSA) is 54.9 Å². The third-order valence-corrected chi connectivity index (χ3v) is 4.83.